The molecule has 0 amide bonds. The van der Waals surface area contributed by atoms with Crippen molar-refractivity contribution in [3.63, 3.8) is 0 Å². The standard InChI is InChI=1S/C7H11N3O/c1-5-2-8-7(9-5)10-3-6(11)4-10/h2,6,11H,3-4H2,1H3,(H,8,9). The monoisotopic (exact) mass is 153 g/mol. The van der Waals surface area contributed by atoms with Crippen LogP contribution in [0, 0.1) is 6.92 Å². The molecule has 60 valence electrons. The number of aromatic nitrogens is 2. The molecule has 4 nitrogen and oxygen atoms in total. The maximum Gasteiger partial charge on any atom is 0.203 e. The fourth-order valence-corrected chi connectivity index (χ4v) is 1.19. The van der Waals surface area contributed by atoms with Crippen LogP contribution in [0.5, 0.6) is 0 Å². The molecule has 1 saturated heterocycles. The van der Waals surface area contributed by atoms with Gasteiger partial charge in [0.2, 0.25) is 5.95 Å². The summed E-state index contributed by atoms with van der Waals surface area (Å²) in [5.41, 5.74) is 1.06. The average Bonchev–Trinajstić information content (AvgIpc) is 2.29. The molecule has 2 rings (SSSR count). The number of aryl methyl sites for hydroxylation is 1. The van der Waals surface area contributed by atoms with E-state index in [2.05, 4.69) is 9.97 Å². The molecule has 0 saturated carbocycles. The highest BCUT2D eigenvalue weighted by Gasteiger charge is 2.25. The predicted octanol–water partition coefficient (Wildman–Crippen LogP) is -0.101. The topological polar surface area (TPSA) is 52.1 Å². The van der Waals surface area contributed by atoms with Gasteiger partial charge in [0.05, 0.1) is 6.10 Å². The normalized spacial score (nSPS) is 18.5. The van der Waals surface area contributed by atoms with Gasteiger partial charge in [-0.15, -0.1) is 0 Å². The second-order valence-corrected chi connectivity index (χ2v) is 2.95. The van der Waals surface area contributed by atoms with Crippen LogP contribution >= 0.6 is 0 Å². The Kier molecular flexibility index (Phi) is 1.35. The van der Waals surface area contributed by atoms with Gasteiger partial charge in [-0.05, 0) is 6.92 Å². The van der Waals surface area contributed by atoms with Crippen molar-refractivity contribution in [1.82, 2.24) is 9.97 Å². The van der Waals surface area contributed by atoms with E-state index in [4.69, 9.17) is 5.11 Å². The van der Waals surface area contributed by atoms with Crippen LogP contribution in [0.4, 0.5) is 5.95 Å². The van der Waals surface area contributed by atoms with Gasteiger partial charge in [0.1, 0.15) is 0 Å². The van der Waals surface area contributed by atoms with Crippen LogP contribution in [0.2, 0.25) is 0 Å². The van der Waals surface area contributed by atoms with Crippen molar-refractivity contribution in [1.29, 1.82) is 0 Å². The second kappa shape index (κ2) is 2.23. The number of imidazole rings is 1. The number of nitrogens with one attached hydrogen (secondary N) is 1. The van der Waals surface area contributed by atoms with Crippen LogP contribution in [0.3, 0.4) is 0 Å². The van der Waals surface area contributed by atoms with E-state index in [1.165, 1.54) is 0 Å². The first-order valence-corrected chi connectivity index (χ1v) is 3.70. The molecule has 0 aromatic carbocycles. The number of rotatable bonds is 1. The van der Waals surface area contributed by atoms with Gasteiger partial charge in [-0.2, -0.15) is 0 Å². The van der Waals surface area contributed by atoms with Gasteiger partial charge in [-0.25, -0.2) is 4.98 Å². The fraction of sp³-hybridized carbons (Fsp3) is 0.571. The lowest BCUT2D eigenvalue weighted by molar-refractivity contribution is 0.140. The first-order valence-electron chi connectivity index (χ1n) is 3.70. The number of hydrogen-bond donors (Lipinski definition) is 2. The number of aromatic amines is 1. The zero-order valence-electron chi connectivity index (χ0n) is 6.41. The van der Waals surface area contributed by atoms with Crippen molar-refractivity contribution in [2.45, 2.75) is 13.0 Å². The molecule has 0 atom stereocenters. The highest BCUT2D eigenvalue weighted by atomic mass is 16.3. The van der Waals surface area contributed by atoms with Crippen molar-refractivity contribution in [2.24, 2.45) is 0 Å². The van der Waals surface area contributed by atoms with Crippen LogP contribution in [0.25, 0.3) is 0 Å². The van der Waals surface area contributed by atoms with E-state index in [1.807, 2.05) is 11.8 Å². The smallest absolute Gasteiger partial charge is 0.203 e. The first kappa shape index (κ1) is 6.67. The Morgan fingerprint density at radius 1 is 1.73 bits per heavy atom. The first-order chi connectivity index (χ1) is 5.25. The lowest BCUT2D eigenvalue weighted by Crippen LogP contribution is -2.51. The van der Waals surface area contributed by atoms with Crippen molar-refractivity contribution >= 4 is 5.95 Å². The molecule has 1 aromatic heterocycles. The molecule has 1 aliphatic rings. The third-order valence-electron chi connectivity index (χ3n) is 1.85. The van der Waals surface area contributed by atoms with Crippen LogP contribution in [-0.4, -0.2) is 34.3 Å². The highest BCUT2D eigenvalue weighted by molar-refractivity contribution is 5.35. The van der Waals surface area contributed by atoms with E-state index in [0.29, 0.717) is 13.1 Å². The molecule has 0 unspecified atom stereocenters. The van der Waals surface area contributed by atoms with E-state index in [9.17, 15) is 0 Å². The lowest BCUT2D eigenvalue weighted by atomic mass is 10.2. The maximum absolute atomic E-state index is 9.00. The number of nitrogens with zero attached hydrogens (tertiary/aromatic N) is 2. The zero-order valence-corrected chi connectivity index (χ0v) is 6.41. The summed E-state index contributed by atoms with van der Waals surface area (Å²) >= 11 is 0. The van der Waals surface area contributed by atoms with Crippen LogP contribution in [-0.2, 0) is 0 Å². The van der Waals surface area contributed by atoms with E-state index in [0.717, 1.165) is 11.6 Å². The zero-order chi connectivity index (χ0) is 7.84. The van der Waals surface area contributed by atoms with Gasteiger partial charge in [-0.3, -0.25) is 0 Å². The minimum Gasteiger partial charge on any atom is -0.389 e. The molecule has 0 aliphatic carbocycles. The summed E-state index contributed by atoms with van der Waals surface area (Å²) in [6, 6.07) is 0. The Hall–Kier alpha value is -1.03. The van der Waals surface area contributed by atoms with Crippen molar-refractivity contribution in [3.05, 3.63) is 11.9 Å². The Morgan fingerprint density at radius 2 is 2.45 bits per heavy atom. The molecule has 0 bridgehead atoms. The van der Waals surface area contributed by atoms with E-state index < -0.39 is 0 Å². The Bertz CT molecular complexity index is 252. The quantitative estimate of drug-likeness (QED) is 0.592. The average molecular weight is 153 g/mol. The molecule has 4 heteroatoms. The highest BCUT2D eigenvalue weighted by Crippen LogP contribution is 2.15. The van der Waals surface area contributed by atoms with Crippen molar-refractivity contribution < 1.29 is 5.11 Å². The number of anilines is 1. The summed E-state index contributed by atoms with van der Waals surface area (Å²) in [6.07, 6.45) is 1.63. The van der Waals surface area contributed by atoms with Crippen LogP contribution in [0.1, 0.15) is 5.69 Å². The third-order valence-corrected chi connectivity index (χ3v) is 1.85. The molecular weight excluding hydrogens is 142 g/mol. The van der Waals surface area contributed by atoms with Gasteiger partial charge in [-0.1, -0.05) is 0 Å². The predicted molar refractivity (Wildman–Crippen MR) is 41.5 cm³/mol. The Labute approximate surface area is 64.9 Å². The third kappa shape index (κ3) is 1.09. The summed E-state index contributed by atoms with van der Waals surface area (Å²) in [4.78, 5) is 9.25. The molecule has 0 radical (unpaired) electrons. The van der Waals surface area contributed by atoms with Crippen molar-refractivity contribution in [2.75, 3.05) is 18.0 Å². The van der Waals surface area contributed by atoms with E-state index in [-0.39, 0.29) is 6.10 Å². The maximum atomic E-state index is 9.00. The Morgan fingerprint density at radius 3 is 2.91 bits per heavy atom. The minimum absolute atomic E-state index is 0.166. The SMILES string of the molecule is Cc1cnc(N2CC(O)C2)[nH]1. The molecule has 0 spiro atoms. The molecule has 2 heterocycles. The van der Waals surface area contributed by atoms with Gasteiger partial charge < -0.3 is 15.0 Å². The Balaban J connectivity index is 2.07. The lowest BCUT2D eigenvalue weighted by Gasteiger charge is -2.35. The van der Waals surface area contributed by atoms with E-state index >= 15 is 0 Å². The number of hydrogen-bond acceptors (Lipinski definition) is 3. The van der Waals surface area contributed by atoms with Gasteiger partial charge >= 0.3 is 0 Å². The number of β-amino-alcohol motifs (C(OH)–C–C–N with tert-alkyl or cyclic N) is 1. The van der Waals surface area contributed by atoms with Gasteiger partial charge in [0.15, 0.2) is 0 Å². The molecule has 1 aromatic rings. The van der Waals surface area contributed by atoms with Crippen LogP contribution < -0.4 is 4.90 Å². The summed E-state index contributed by atoms with van der Waals surface area (Å²) < 4.78 is 0. The number of aliphatic hydroxyl groups is 1. The van der Waals surface area contributed by atoms with Gasteiger partial charge in [0, 0.05) is 25.0 Å². The van der Waals surface area contributed by atoms with Crippen LogP contribution in [0.15, 0.2) is 6.20 Å². The largest absolute Gasteiger partial charge is 0.389 e. The fourth-order valence-electron chi connectivity index (χ4n) is 1.19. The summed E-state index contributed by atoms with van der Waals surface area (Å²) in [7, 11) is 0. The van der Waals surface area contributed by atoms with E-state index in [1.54, 1.807) is 6.20 Å². The minimum atomic E-state index is -0.166. The number of H-pyrrole nitrogens is 1. The summed E-state index contributed by atoms with van der Waals surface area (Å²) in [5, 5.41) is 9.00. The summed E-state index contributed by atoms with van der Waals surface area (Å²) in [6.45, 7) is 3.37. The molecule has 1 aliphatic heterocycles. The second-order valence-electron chi connectivity index (χ2n) is 2.95. The summed E-state index contributed by atoms with van der Waals surface area (Å²) in [5.74, 6) is 0.868. The van der Waals surface area contributed by atoms with Crippen molar-refractivity contribution in [3.8, 4) is 0 Å². The number of aliphatic hydroxyl groups excluding tert-OH is 1. The molecule has 2 N–H and O–H groups in total. The molecule has 1 fully saturated rings. The van der Waals surface area contributed by atoms with Gasteiger partial charge in [0.25, 0.3) is 0 Å². The molecular formula is C7H11N3O. The molecule has 11 heavy (non-hydrogen) atoms.